The predicted octanol–water partition coefficient (Wildman–Crippen LogP) is 3.06. The van der Waals surface area contributed by atoms with Crippen molar-refractivity contribution in [2.75, 3.05) is 0 Å². The van der Waals surface area contributed by atoms with Crippen molar-refractivity contribution in [2.24, 2.45) is 5.41 Å². The molecule has 0 unspecified atom stereocenters. The van der Waals surface area contributed by atoms with Gasteiger partial charge in [-0.3, -0.25) is 4.98 Å². The van der Waals surface area contributed by atoms with E-state index in [0.717, 1.165) is 5.69 Å². The van der Waals surface area contributed by atoms with Crippen LogP contribution in [-0.4, -0.2) is 4.98 Å². The number of allylic oxidation sites excluding steroid dienone is 4. The molecule has 0 aliphatic heterocycles. The summed E-state index contributed by atoms with van der Waals surface area (Å²) in [4.78, 5) is 4.35. The maximum atomic E-state index is 4.35. The molecule has 0 radical (unpaired) electrons. The van der Waals surface area contributed by atoms with Gasteiger partial charge in [-0.2, -0.15) is 0 Å². The van der Waals surface area contributed by atoms with Gasteiger partial charge in [0, 0.05) is 11.6 Å². The Morgan fingerprint density at radius 3 is 2.62 bits per heavy atom. The van der Waals surface area contributed by atoms with Crippen LogP contribution in [0.5, 0.6) is 0 Å². The average Bonchev–Trinajstić information content (AvgIpc) is 2.47. The number of hydrogen-bond donors (Lipinski definition) is 0. The molecule has 1 heterocycles. The third-order valence-electron chi connectivity index (χ3n) is 2.41. The van der Waals surface area contributed by atoms with E-state index in [9.17, 15) is 0 Å². The SMILES string of the molecule is CC1(C)C=CC=C1c1ccccn1. The van der Waals surface area contributed by atoms with Gasteiger partial charge in [0.05, 0.1) is 5.69 Å². The van der Waals surface area contributed by atoms with Gasteiger partial charge in [0.15, 0.2) is 0 Å². The molecule has 1 nitrogen and oxygen atoms in total. The topological polar surface area (TPSA) is 12.9 Å². The van der Waals surface area contributed by atoms with E-state index in [1.165, 1.54) is 5.57 Å². The first-order valence-electron chi connectivity index (χ1n) is 4.51. The van der Waals surface area contributed by atoms with Crippen molar-refractivity contribution in [3.63, 3.8) is 0 Å². The minimum absolute atomic E-state index is 0.133. The molecule has 1 aliphatic carbocycles. The molecule has 0 N–H and O–H groups in total. The van der Waals surface area contributed by atoms with Gasteiger partial charge in [-0.15, -0.1) is 0 Å². The molecule has 2 rings (SSSR count). The highest BCUT2D eigenvalue weighted by molar-refractivity contribution is 5.73. The van der Waals surface area contributed by atoms with Crippen LogP contribution < -0.4 is 0 Å². The standard InChI is InChI=1S/C12H13N/c1-12(2)8-5-6-10(12)11-7-3-4-9-13-11/h3-9H,1-2H3. The van der Waals surface area contributed by atoms with E-state index in [0.29, 0.717) is 0 Å². The summed E-state index contributed by atoms with van der Waals surface area (Å²) in [5.74, 6) is 0. The van der Waals surface area contributed by atoms with Crippen molar-refractivity contribution in [3.8, 4) is 0 Å². The largest absolute Gasteiger partial charge is 0.257 e. The van der Waals surface area contributed by atoms with Crippen LogP contribution in [0.15, 0.2) is 42.6 Å². The fourth-order valence-corrected chi connectivity index (χ4v) is 1.63. The number of hydrogen-bond acceptors (Lipinski definition) is 1. The molecular formula is C12H13N. The van der Waals surface area contributed by atoms with E-state index >= 15 is 0 Å². The van der Waals surface area contributed by atoms with Crippen LogP contribution in [0.1, 0.15) is 19.5 Å². The molecule has 0 fully saturated rings. The summed E-state index contributed by atoms with van der Waals surface area (Å²) in [6.07, 6.45) is 8.29. The molecule has 0 atom stereocenters. The molecule has 0 bridgehead atoms. The summed E-state index contributed by atoms with van der Waals surface area (Å²) >= 11 is 0. The zero-order valence-electron chi connectivity index (χ0n) is 7.99. The first-order chi connectivity index (χ1) is 6.20. The van der Waals surface area contributed by atoms with Gasteiger partial charge in [0.1, 0.15) is 0 Å². The quantitative estimate of drug-likeness (QED) is 0.632. The van der Waals surface area contributed by atoms with Gasteiger partial charge in [-0.1, -0.05) is 38.1 Å². The molecule has 1 aliphatic rings. The van der Waals surface area contributed by atoms with E-state index in [4.69, 9.17) is 0 Å². The zero-order valence-corrected chi connectivity index (χ0v) is 7.99. The highest BCUT2D eigenvalue weighted by atomic mass is 14.7. The Morgan fingerprint density at radius 1 is 1.23 bits per heavy atom. The number of rotatable bonds is 1. The smallest absolute Gasteiger partial charge is 0.0670 e. The Labute approximate surface area is 78.8 Å². The van der Waals surface area contributed by atoms with Crippen molar-refractivity contribution < 1.29 is 0 Å². The summed E-state index contributed by atoms with van der Waals surface area (Å²) in [6.45, 7) is 4.41. The van der Waals surface area contributed by atoms with Crippen LogP contribution in [0.4, 0.5) is 0 Å². The van der Waals surface area contributed by atoms with E-state index in [2.05, 4.69) is 43.1 Å². The van der Waals surface area contributed by atoms with Gasteiger partial charge in [0.2, 0.25) is 0 Å². The van der Waals surface area contributed by atoms with E-state index < -0.39 is 0 Å². The zero-order chi connectivity index (χ0) is 9.31. The second kappa shape index (κ2) is 2.84. The van der Waals surface area contributed by atoms with Gasteiger partial charge in [0.25, 0.3) is 0 Å². The normalized spacial score (nSPS) is 18.8. The van der Waals surface area contributed by atoms with E-state index in [1.54, 1.807) is 0 Å². The number of nitrogens with zero attached hydrogens (tertiary/aromatic N) is 1. The molecule has 1 aromatic rings. The summed E-state index contributed by atoms with van der Waals surface area (Å²) in [6, 6.07) is 6.03. The van der Waals surface area contributed by atoms with Gasteiger partial charge < -0.3 is 0 Å². The van der Waals surface area contributed by atoms with Gasteiger partial charge in [-0.25, -0.2) is 0 Å². The van der Waals surface area contributed by atoms with Gasteiger partial charge in [-0.05, 0) is 17.7 Å². The van der Waals surface area contributed by atoms with Crippen LogP contribution in [0.25, 0.3) is 5.57 Å². The Hall–Kier alpha value is -1.37. The Balaban J connectivity index is 2.40. The molecule has 0 spiro atoms. The fraction of sp³-hybridized carbons (Fsp3) is 0.250. The number of pyridine rings is 1. The van der Waals surface area contributed by atoms with Crippen LogP contribution in [-0.2, 0) is 0 Å². The first kappa shape index (κ1) is 8.24. The van der Waals surface area contributed by atoms with Crippen molar-refractivity contribution in [1.29, 1.82) is 0 Å². The second-order valence-corrected chi connectivity index (χ2v) is 3.88. The molecule has 0 aromatic carbocycles. The molecule has 0 saturated carbocycles. The first-order valence-corrected chi connectivity index (χ1v) is 4.51. The minimum Gasteiger partial charge on any atom is -0.257 e. The van der Waals surface area contributed by atoms with Gasteiger partial charge >= 0.3 is 0 Å². The van der Waals surface area contributed by atoms with Crippen molar-refractivity contribution >= 4 is 5.57 Å². The van der Waals surface area contributed by atoms with Crippen LogP contribution in [0.3, 0.4) is 0 Å². The molecule has 0 amide bonds. The predicted molar refractivity (Wildman–Crippen MR) is 55.1 cm³/mol. The minimum atomic E-state index is 0.133. The lowest BCUT2D eigenvalue weighted by Gasteiger charge is -2.19. The summed E-state index contributed by atoms with van der Waals surface area (Å²) < 4.78 is 0. The fourth-order valence-electron chi connectivity index (χ4n) is 1.63. The monoisotopic (exact) mass is 171 g/mol. The summed E-state index contributed by atoms with van der Waals surface area (Å²) in [5, 5.41) is 0. The molecule has 1 aromatic heterocycles. The summed E-state index contributed by atoms with van der Waals surface area (Å²) in [7, 11) is 0. The van der Waals surface area contributed by atoms with Crippen LogP contribution >= 0.6 is 0 Å². The lowest BCUT2D eigenvalue weighted by atomic mass is 9.85. The Morgan fingerprint density at radius 2 is 2.08 bits per heavy atom. The molecule has 66 valence electrons. The van der Waals surface area contributed by atoms with Crippen molar-refractivity contribution in [3.05, 3.63) is 48.3 Å². The average molecular weight is 171 g/mol. The molecule has 0 saturated heterocycles. The summed E-state index contributed by atoms with van der Waals surface area (Å²) in [5.41, 5.74) is 2.51. The lowest BCUT2D eigenvalue weighted by molar-refractivity contribution is 0.656. The number of aromatic nitrogens is 1. The molecule has 13 heavy (non-hydrogen) atoms. The highest BCUT2D eigenvalue weighted by Crippen LogP contribution is 2.38. The molecule has 1 heteroatoms. The van der Waals surface area contributed by atoms with Crippen LogP contribution in [0.2, 0.25) is 0 Å². The Bertz CT molecular complexity index is 358. The second-order valence-electron chi connectivity index (χ2n) is 3.88. The maximum Gasteiger partial charge on any atom is 0.0670 e. The third kappa shape index (κ3) is 1.42. The van der Waals surface area contributed by atoms with Crippen molar-refractivity contribution in [2.45, 2.75) is 13.8 Å². The lowest BCUT2D eigenvalue weighted by Crippen LogP contribution is -2.08. The van der Waals surface area contributed by atoms with E-state index in [1.807, 2.05) is 18.3 Å². The maximum absolute atomic E-state index is 4.35. The van der Waals surface area contributed by atoms with Crippen LogP contribution in [0, 0.1) is 5.41 Å². The van der Waals surface area contributed by atoms with Crippen molar-refractivity contribution in [1.82, 2.24) is 4.98 Å². The molecular weight excluding hydrogens is 158 g/mol. The highest BCUT2D eigenvalue weighted by Gasteiger charge is 2.24. The van der Waals surface area contributed by atoms with E-state index in [-0.39, 0.29) is 5.41 Å². The Kier molecular flexibility index (Phi) is 1.80. The third-order valence-corrected chi connectivity index (χ3v) is 2.41.